The van der Waals surface area contributed by atoms with Gasteiger partial charge in [-0.05, 0) is 29.2 Å². The van der Waals surface area contributed by atoms with E-state index < -0.39 is 19.9 Å². The van der Waals surface area contributed by atoms with Crippen LogP contribution in [0.1, 0.15) is 28.2 Å². The van der Waals surface area contributed by atoms with E-state index in [-0.39, 0.29) is 17.8 Å². The highest BCUT2D eigenvalue weighted by atomic mass is 35.5. The molecule has 0 bridgehead atoms. The summed E-state index contributed by atoms with van der Waals surface area (Å²) < 4.78 is 4.78. The average Bonchev–Trinajstić information content (AvgIpc) is 3.51. The fourth-order valence-corrected chi connectivity index (χ4v) is 8.03. The molecule has 2 aliphatic carbocycles. The first kappa shape index (κ1) is 20.4. The van der Waals surface area contributed by atoms with E-state index in [1.54, 1.807) is 0 Å². The Kier molecular flexibility index (Phi) is 4.23. The Morgan fingerprint density at radius 2 is 1.03 bits per heavy atom. The van der Waals surface area contributed by atoms with Crippen LogP contribution in [0.3, 0.4) is 0 Å². The highest BCUT2D eigenvalue weighted by molar-refractivity contribution is 6.54. The molecule has 6 rings (SSSR count). The third kappa shape index (κ3) is 2.35. The molecule has 0 radical (unpaired) electrons. The lowest BCUT2D eigenvalue weighted by atomic mass is 9.80. The molecule has 0 unspecified atom stereocenters. The number of hydrogen-bond donors (Lipinski definition) is 0. The lowest BCUT2D eigenvalue weighted by Gasteiger charge is -2.35. The van der Waals surface area contributed by atoms with E-state index in [2.05, 4.69) is 19.1 Å². The fourth-order valence-electron chi connectivity index (χ4n) is 6.03. The zero-order valence-electron chi connectivity index (χ0n) is 16.7. The summed E-state index contributed by atoms with van der Waals surface area (Å²) in [7, 11) is 0. The first-order valence-corrected chi connectivity index (χ1v) is 11.9. The molecule has 3 aromatic carbocycles. The summed E-state index contributed by atoms with van der Waals surface area (Å²) in [5.41, 5.74) is 2.45. The van der Waals surface area contributed by atoms with Crippen LogP contribution in [0.25, 0.3) is 0 Å². The summed E-state index contributed by atoms with van der Waals surface area (Å²) in [6.07, 6.45) is 0. The average molecular weight is 490 g/mol. The van der Waals surface area contributed by atoms with E-state index in [0.29, 0.717) is 0 Å². The van der Waals surface area contributed by atoms with Gasteiger partial charge in [0.05, 0.1) is 0 Å². The molecule has 5 heteroatoms. The molecule has 4 atom stereocenters. The predicted octanol–water partition coefficient (Wildman–Crippen LogP) is 7.51. The van der Waals surface area contributed by atoms with Crippen molar-refractivity contribution in [2.45, 2.75) is 32.7 Å². The van der Waals surface area contributed by atoms with Crippen molar-refractivity contribution in [3.05, 3.63) is 107 Å². The highest BCUT2D eigenvalue weighted by Crippen LogP contribution is 2.89. The van der Waals surface area contributed by atoms with Crippen LogP contribution in [0.2, 0.25) is 0 Å². The second-order valence-corrected chi connectivity index (χ2v) is 11.7. The van der Waals surface area contributed by atoms with Crippen LogP contribution >= 0.6 is 46.4 Å². The van der Waals surface area contributed by atoms with Crippen molar-refractivity contribution in [2.24, 2.45) is 11.8 Å². The van der Waals surface area contributed by atoms with Crippen molar-refractivity contribution in [2.75, 3.05) is 0 Å². The van der Waals surface area contributed by atoms with Crippen molar-refractivity contribution in [1.82, 2.24) is 0 Å². The molecule has 1 nitrogen and oxygen atoms in total. The number of hydrogen-bond acceptors (Lipinski definition) is 1. The van der Waals surface area contributed by atoms with Gasteiger partial charge in [-0.3, -0.25) is 0 Å². The normalized spacial score (nSPS) is 36.2. The molecule has 1 aliphatic heterocycles. The van der Waals surface area contributed by atoms with E-state index >= 15 is 0 Å². The molecule has 0 spiro atoms. The zero-order valence-corrected chi connectivity index (χ0v) is 19.8. The van der Waals surface area contributed by atoms with E-state index in [0.717, 1.165) is 11.1 Å². The van der Waals surface area contributed by atoms with Crippen LogP contribution in [-0.4, -0.2) is 8.67 Å². The highest BCUT2D eigenvalue weighted by Gasteiger charge is 2.95. The van der Waals surface area contributed by atoms with Gasteiger partial charge in [-0.25, -0.2) is 0 Å². The fraction of sp³-hybridized carbons (Fsp3) is 0.308. The molecular weight excluding hydrogens is 470 g/mol. The third-order valence-corrected chi connectivity index (χ3v) is 9.54. The van der Waals surface area contributed by atoms with E-state index in [9.17, 15) is 0 Å². The maximum absolute atomic E-state index is 7.08. The number of aryl methyl sites for hydroxylation is 1. The Labute approximate surface area is 202 Å². The molecule has 3 fully saturated rings. The van der Waals surface area contributed by atoms with Crippen molar-refractivity contribution < 1.29 is 4.74 Å². The number of benzene rings is 3. The van der Waals surface area contributed by atoms with Crippen molar-refractivity contribution >= 4 is 46.4 Å². The van der Waals surface area contributed by atoms with Crippen molar-refractivity contribution in [3.63, 3.8) is 0 Å². The number of halogens is 4. The number of ether oxygens (including phenoxy) is 1. The molecule has 2 saturated carbocycles. The molecule has 3 aliphatic rings. The van der Waals surface area contributed by atoms with Gasteiger partial charge in [0.25, 0.3) is 0 Å². The van der Waals surface area contributed by atoms with E-state index in [1.165, 1.54) is 11.1 Å². The summed E-state index contributed by atoms with van der Waals surface area (Å²) in [6.45, 7) is 2.11. The summed E-state index contributed by atoms with van der Waals surface area (Å²) in [4.78, 5) is 0. The first-order chi connectivity index (χ1) is 14.8. The van der Waals surface area contributed by atoms with Gasteiger partial charge >= 0.3 is 0 Å². The number of fused-ring (bicyclic) bond motifs is 2. The molecule has 158 valence electrons. The largest absolute Gasteiger partial charge is 0.352 e. The maximum atomic E-state index is 7.08. The van der Waals surface area contributed by atoms with Gasteiger partial charge in [-0.15, -0.1) is 0 Å². The molecule has 1 heterocycles. The molecule has 0 N–H and O–H groups in total. The van der Waals surface area contributed by atoms with E-state index in [1.807, 2.05) is 72.8 Å². The molecule has 31 heavy (non-hydrogen) atoms. The molecule has 0 amide bonds. The molecule has 1 saturated heterocycles. The summed E-state index contributed by atoms with van der Waals surface area (Å²) in [5.74, 6) is -0.401. The van der Waals surface area contributed by atoms with Gasteiger partial charge < -0.3 is 4.74 Å². The number of rotatable bonds is 3. The van der Waals surface area contributed by atoms with Crippen molar-refractivity contribution in [3.8, 4) is 0 Å². The van der Waals surface area contributed by atoms with Crippen LogP contribution in [0.4, 0.5) is 0 Å². The Balaban J connectivity index is 1.62. The standard InChI is InChI=1S/C26H20Cl4O/c1-16-10-8-9-15-19(16)20-21-23(25(21,27)28,17-11-4-2-5-12-17)31-24(22(20)26(24,29)30)18-13-6-3-7-14-18/h2-15,20-22H,1H3/t21-,22-,23+,24+/m0/s1. The van der Waals surface area contributed by atoms with Crippen LogP contribution in [0.5, 0.6) is 0 Å². The monoisotopic (exact) mass is 488 g/mol. The Morgan fingerprint density at radius 1 is 0.613 bits per heavy atom. The van der Waals surface area contributed by atoms with Gasteiger partial charge in [-0.1, -0.05) is 131 Å². The van der Waals surface area contributed by atoms with Gasteiger partial charge in [-0.2, -0.15) is 0 Å². The SMILES string of the molecule is Cc1ccccc1C1[C@@H]2C(Cl)(Cl)[C@]2(c2ccccc2)O[C@]2(c3ccccc3)[C@H]1C2(Cl)Cl. The number of alkyl halides is 4. The quantitative estimate of drug-likeness (QED) is 0.346. The Morgan fingerprint density at radius 3 is 1.48 bits per heavy atom. The Bertz CT molecular complexity index is 1090. The first-order valence-electron chi connectivity index (χ1n) is 10.4. The summed E-state index contributed by atoms with van der Waals surface area (Å²) in [5, 5.41) is 0. The Hall–Kier alpha value is -1.22. The lowest BCUT2D eigenvalue weighted by Crippen LogP contribution is -2.35. The third-order valence-electron chi connectivity index (χ3n) is 7.47. The van der Waals surface area contributed by atoms with E-state index in [4.69, 9.17) is 51.1 Å². The van der Waals surface area contributed by atoms with Crippen LogP contribution in [-0.2, 0) is 15.9 Å². The minimum atomic E-state index is -1.10. The smallest absolute Gasteiger partial charge is 0.158 e. The van der Waals surface area contributed by atoms with Crippen LogP contribution in [0, 0.1) is 18.8 Å². The second-order valence-electron chi connectivity index (χ2n) is 8.89. The van der Waals surface area contributed by atoms with Crippen LogP contribution < -0.4 is 0 Å². The zero-order chi connectivity index (χ0) is 21.6. The van der Waals surface area contributed by atoms with Gasteiger partial charge in [0, 0.05) is 17.8 Å². The second kappa shape index (κ2) is 6.43. The maximum Gasteiger partial charge on any atom is 0.158 e. The summed E-state index contributed by atoms with van der Waals surface area (Å²) >= 11 is 28.3. The van der Waals surface area contributed by atoms with Gasteiger partial charge in [0.1, 0.15) is 11.2 Å². The minimum Gasteiger partial charge on any atom is -0.352 e. The topological polar surface area (TPSA) is 9.23 Å². The molecule has 3 aromatic rings. The van der Waals surface area contributed by atoms with Gasteiger partial charge in [0.2, 0.25) is 0 Å². The molecular formula is C26H20Cl4O. The van der Waals surface area contributed by atoms with Gasteiger partial charge in [0.15, 0.2) is 8.67 Å². The van der Waals surface area contributed by atoms with Crippen molar-refractivity contribution in [1.29, 1.82) is 0 Å². The minimum absolute atomic E-state index is 0.0552. The summed E-state index contributed by atoms with van der Waals surface area (Å²) in [6, 6.07) is 28.3. The lowest BCUT2D eigenvalue weighted by molar-refractivity contribution is -0.100. The predicted molar refractivity (Wildman–Crippen MR) is 127 cm³/mol. The van der Waals surface area contributed by atoms with Crippen LogP contribution in [0.15, 0.2) is 84.9 Å². The molecule has 0 aromatic heterocycles.